The van der Waals surface area contributed by atoms with Crippen LogP contribution in [0.1, 0.15) is 16.1 Å². The number of hydrogen-bond acceptors (Lipinski definition) is 6. The number of thiazole rings is 1. The fourth-order valence-corrected chi connectivity index (χ4v) is 2.41. The zero-order valence-corrected chi connectivity index (χ0v) is 12.8. The fraction of sp³-hybridized carbons (Fsp3) is 0.214. The van der Waals surface area contributed by atoms with Crippen LogP contribution in [0.4, 0.5) is 5.13 Å². The van der Waals surface area contributed by atoms with Crippen molar-refractivity contribution >= 4 is 28.3 Å². The number of amides is 1. The first-order chi connectivity index (χ1) is 10.5. The molecule has 1 aromatic heterocycles. The standard InChI is InChI=1S/C14H14N2O5S/c1-20-10-3-8(4-11(6-10)21-2)13(19)16-14-15-9(7-22-14)5-12(17)18/h3-4,6-7H,5H2,1-2H3,(H,17,18)(H,15,16,19). The molecular weight excluding hydrogens is 308 g/mol. The second-order valence-corrected chi connectivity index (χ2v) is 5.13. The Hall–Kier alpha value is -2.61. The molecule has 22 heavy (non-hydrogen) atoms. The molecule has 0 aliphatic heterocycles. The quantitative estimate of drug-likeness (QED) is 0.844. The van der Waals surface area contributed by atoms with Gasteiger partial charge in [0.2, 0.25) is 0 Å². The van der Waals surface area contributed by atoms with Crippen molar-refractivity contribution in [2.75, 3.05) is 19.5 Å². The minimum absolute atomic E-state index is 0.181. The predicted molar refractivity (Wildman–Crippen MR) is 81.0 cm³/mol. The summed E-state index contributed by atoms with van der Waals surface area (Å²) in [6.45, 7) is 0. The van der Waals surface area contributed by atoms with Crippen molar-refractivity contribution in [3.05, 3.63) is 34.8 Å². The Morgan fingerprint density at radius 3 is 2.41 bits per heavy atom. The van der Waals surface area contributed by atoms with E-state index in [4.69, 9.17) is 14.6 Å². The number of carbonyl (C=O) groups is 2. The minimum Gasteiger partial charge on any atom is -0.497 e. The second kappa shape index (κ2) is 6.90. The number of aromatic nitrogens is 1. The maximum absolute atomic E-state index is 12.2. The number of rotatable bonds is 6. The molecule has 1 aromatic carbocycles. The summed E-state index contributed by atoms with van der Waals surface area (Å²) in [4.78, 5) is 26.9. The fourth-order valence-electron chi connectivity index (χ4n) is 1.71. The lowest BCUT2D eigenvalue weighted by molar-refractivity contribution is -0.136. The Kier molecular flexibility index (Phi) is 4.95. The highest BCUT2D eigenvalue weighted by Gasteiger charge is 2.13. The van der Waals surface area contributed by atoms with E-state index in [-0.39, 0.29) is 12.3 Å². The molecular formula is C14H14N2O5S. The average Bonchev–Trinajstić information content (AvgIpc) is 2.92. The van der Waals surface area contributed by atoms with Crippen molar-refractivity contribution < 1.29 is 24.2 Å². The molecule has 8 heteroatoms. The highest BCUT2D eigenvalue weighted by molar-refractivity contribution is 7.14. The van der Waals surface area contributed by atoms with E-state index in [9.17, 15) is 9.59 Å². The number of carboxylic acid groups (broad SMARTS) is 1. The van der Waals surface area contributed by atoms with Crippen LogP contribution in [0.15, 0.2) is 23.6 Å². The Morgan fingerprint density at radius 1 is 1.23 bits per heavy atom. The highest BCUT2D eigenvalue weighted by atomic mass is 32.1. The Labute approximate surface area is 130 Å². The molecule has 0 aliphatic rings. The van der Waals surface area contributed by atoms with Crippen molar-refractivity contribution in [1.82, 2.24) is 4.98 Å². The van der Waals surface area contributed by atoms with E-state index >= 15 is 0 Å². The lowest BCUT2D eigenvalue weighted by Crippen LogP contribution is -2.12. The summed E-state index contributed by atoms with van der Waals surface area (Å²) in [7, 11) is 2.99. The lowest BCUT2D eigenvalue weighted by atomic mass is 10.2. The molecule has 1 heterocycles. The zero-order chi connectivity index (χ0) is 16.1. The number of ether oxygens (including phenoxy) is 2. The molecule has 0 fully saturated rings. The molecule has 2 N–H and O–H groups in total. The van der Waals surface area contributed by atoms with E-state index in [1.165, 1.54) is 25.6 Å². The summed E-state index contributed by atoms with van der Waals surface area (Å²) >= 11 is 1.17. The third-order valence-corrected chi connectivity index (χ3v) is 3.52. The number of nitrogens with zero attached hydrogens (tertiary/aromatic N) is 1. The number of anilines is 1. The number of nitrogens with one attached hydrogen (secondary N) is 1. The zero-order valence-electron chi connectivity index (χ0n) is 12.0. The number of carbonyl (C=O) groups excluding carboxylic acids is 1. The van der Waals surface area contributed by atoms with Crippen LogP contribution in [-0.4, -0.2) is 36.2 Å². The summed E-state index contributed by atoms with van der Waals surface area (Å²) in [5.74, 6) is -0.362. The molecule has 0 radical (unpaired) electrons. The largest absolute Gasteiger partial charge is 0.497 e. The summed E-state index contributed by atoms with van der Waals surface area (Å²) in [6, 6.07) is 4.80. The molecule has 0 saturated heterocycles. The van der Waals surface area contributed by atoms with Crippen molar-refractivity contribution in [1.29, 1.82) is 0 Å². The van der Waals surface area contributed by atoms with Gasteiger partial charge in [-0.05, 0) is 12.1 Å². The predicted octanol–water partition coefficient (Wildman–Crippen LogP) is 2.04. The highest BCUT2D eigenvalue weighted by Crippen LogP contribution is 2.24. The maximum atomic E-state index is 12.2. The van der Waals surface area contributed by atoms with Crippen LogP contribution in [-0.2, 0) is 11.2 Å². The maximum Gasteiger partial charge on any atom is 0.309 e. The monoisotopic (exact) mass is 322 g/mol. The van der Waals surface area contributed by atoms with Crippen molar-refractivity contribution in [3.8, 4) is 11.5 Å². The topological polar surface area (TPSA) is 97.8 Å². The molecule has 0 saturated carbocycles. The van der Waals surface area contributed by atoms with Gasteiger partial charge in [0.1, 0.15) is 11.5 Å². The van der Waals surface area contributed by atoms with Crippen LogP contribution in [0.25, 0.3) is 0 Å². The van der Waals surface area contributed by atoms with Gasteiger partial charge in [0.15, 0.2) is 5.13 Å². The smallest absolute Gasteiger partial charge is 0.309 e. The molecule has 2 rings (SSSR count). The first-order valence-corrected chi connectivity index (χ1v) is 7.10. The number of benzene rings is 1. The van der Waals surface area contributed by atoms with Gasteiger partial charge >= 0.3 is 5.97 Å². The number of carboxylic acids is 1. The van der Waals surface area contributed by atoms with Gasteiger partial charge in [-0.1, -0.05) is 0 Å². The molecule has 116 valence electrons. The molecule has 2 aromatic rings. The molecule has 7 nitrogen and oxygen atoms in total. The Balaban J connectivity index is 2.14. The van der Waals surface area contributed by atoms with Crippen LogP contribution < -0.4 is 14.8 Å². The van der Waals surface area contributed by atoms with E-state index in [0.29, 0.717) is 27.9 Å². The van der Waals surface area contributed by atoms with Crippen molar-refractivity contribution in [2.45, 2.75) is 6.42 Å². The first kappa shape index (κ1) is 15.8. The Morgan fingerprint density at radius 2 is 1.86 bits per heavy atom. The van der Waals surface area contributed by atoms with E-state index in [1.807, 2.05) is 0 Å². The van der Waals surface area contributed by atoms with Crippen LogP contribution in [0.2, 0.25) is 0 Å². The SMILES string of the molecule is COc1cc(OC)cc(C(=O)Nc2nc(CC(=O)O)cs2)c1. The lowest BCUT2D eigenvalue weighted by Gasteiger charge is -2.08. The number of methoxy groups -OCH3 is 2. The van der Waals surface area contributed by atoms with Gasteiger partial charge < -0.3 is 14.6 Å². The molecule has 1 amide bonds. The van der Waals surface area contributed by atoms with Crippen LogP contribution in [0.5, 0.6) is 11.5 Å². The van der Waals surface area contributed by atoms with Gasteiger partial charge in [-0.15, -0.1) is 11.3 Å². The van der Waals surface area contributed by atoms with E-state index in [2.05, 4.69) is 10.3 Å². The van der Waals surface area contributed by atoms with Gasteiger partial charge in [-0.3, -0.25) is 14.9 Å². The van der Waals surface area contributed by atoms with Gasteiger partial charge in [-0.25, -0.2) is 4.98 Å². The molecule has 0 atom stereocenters. The minimum atomic E-state index is -0.972. The van der Waals surface area contributed by atoms with Crippen molar-refractivity contribution in [2.24, 2.45) is 0 Å². The van der Waals surface area contributed by atoms with Crippen LogP contribution in [0.3, 0.4) is 0 Å². The van der Waals surface area contributed by atoms with Gasteiger partial charge in [0.05, 0.1) is 26.3 Å². The van der Waals surface area contributed by atoms with Gasteiger partial charge in [0.25, 0.3) is 5.91 Å². The second-order valence-electron chi connectivity index (χ2n) is 4.27. The van der Waals surface area contributed by atoms with E-state index in [1.54, 1.807) is 23.6 Å². The van der Waals surface area contributed by atoms with Crippen molar-refractivity contribution in [3.63, 3.8) is 0 Å². The summed E-state index contributed by atoms with van der Waals surface area (Å²) in [5.41, 5.74) is 0.752. The van der Waals surface area contributed by atoms with Gasteiger partial charge in [-0.2, -0.15) is 0 Å². The van der Waals surface area contributed by atoms with E-state index < -0.39 is 5.97 Å². The van der Waals surface area contributed by atoms with E-state index in [0.717, 1.165) is 0 Å². The molecule has 0 aliphatic carbocycles. The summed E-state index contributed by atoms with van der Waals surface area (Å²) < 4.78 is 10.2. The normalized spacial score (nSPS) is 10.1. The molecule has 0 bridgehead atoms. The Bertz CT molecular complexity index is 676. The summed E-state index contributed by atoms with van der Waals surface area (Å²) in [6.07, 6.45) is -0.181. The summed E-state index contributed by atoms with van der Waals surface area (Å²) in [5, 5.41) is 13.2. The number of hydrogen-bond donors (Lipinski definition) is 2. The number of aliphatic carboxylic acids is 1. The average molecular weight is 322 g/mol. The van der Waals surface area contributed by atoms with Gasteiger partial charge in [0, 0.05) is 17.0 Å². The molecule has 0 spiro atoms. The van der Waals surface area contributed by atoms with Crippen LogP contribution >= 0.6 is 11.3 Å². The third-order valence-electron chi connectivity index (χ3n) is 2.72. The van der Waals surface area contributed by atoms with Crippen LogP contribution in [0, 0.1) is 0 Å². The third kappa shape index (κ3) is 3.95. The first-order valence-electron chi connectivity index (χ1n) is 6.22. The molecule has 0 unspecified atom stereocenters.